The second-order valence-corrected chi connectivity index (χ2v) is 5.05. The van der Waals surface area contributed by atoms with Crippen molar-refractivity contribution in [1.82, 2.24) is 30.7 Å². The van der Waals surface area contributed by atoms with Crippen LogP contribution in [0.1, 0.15) is 39.4 Å². The number of carbonyl (C=O) groups is 1. The molecule has 1 amide bonds. The molecule has 22 heavy (non-hydrogen) atoms. The molecule has 0 aromatic carbocycles. The van der Waals surface area contributed by atoms with Crippen LogP contribution in [0.15, 0.2) is 11.3 Å². The van der Waals surface area contributed by atoms with Gasteiger partial charge in [-0.2, -0.15) is 5.10 Å². The average Bonchev–Trinajstić information content (AvgIpc) is 2.89. The summed E-state index contributed by atoms with van der Waals surface area (Å²) in [5, 5.41) is 13.2. The van der Waals surface area contributed by atoms with Crippen LogP contribution in [0.2, 0.25) is 0 Å². The zero-order chi connectivity index (χ0) is 16.4. The van der Waals surface area contributed by atoms with E-state index in [0.29, 0.717) is 25.5 Å². The van der Waals surface area contributed by atoms with Crippen LogP contribution < -0.4 is 16.0 Å². The first-order valence-corrected chi connectivity index (χ1v) is 7.71. The number of aliphatic imine (C=N–C) groups is 1. The number of nitrogens with one attached hydrogen (secondary N) is 3. The van der Waals surface area contributed by atoms with Gasteiger partial charge in [0.1, 0.15) is 18.7 Å². The maximum atomic E-state index is 11.7. The van der Waals surface area contributed by atoms with Crippen LogP contribution in [0, 0.1) is 0 Å². The molecule has 0 aliphatic rings. The molecular formula is C14H27N7O. The van der Waals surface area contributed by atoms with E-state index in [9.17, 15) is 4.79 Å². The second-order valence-electron chi connectivity index (χ2n) is 5.05. The lowest BCUT2D eigenvalue weighted by atomic mass is 10.2. The van der Waals surface area contributed by atoms with Gasteiger partial charge in [-0.25, -0.2) is 9.98 Å². The van der Waals surface area contributed by atoms with Gasteiger partial charge in [-0.15, -0.1) is 0 Å². The summed E-state index contributed by atoms with van der Waals surface area (Å²) in [6.07, 6.45) is 2.85. The van der Waals surface area contributed by atoms with Crippen molar-refractivity contribution in [2.24, 2.45) is 12.0 Å². The molecule has 1 atom stereocenters. The van der Waals surface area contributed by atoms with Crippen molar-refractivity contribution < 1.29 is 4.79 Å². The van der Waals surface area contributed by atoms with Gasteiger partial charge < -0.3 is 16.0 Å². The van der Waals surface area contributed by atoms with Crippen molar-refractivity contribution in [2.75, 3.05) is 13.1 Å². The van der Waals surface area contributed by atoms with Gasteiger partial charge >= 0.3 is 0 Å². The summed E-state index contributed by atoms with van der Waals surface area (Å²) in [5.74, 6) is 1.50. The monoisotopic (exact) mass is 309 g/mol. The highest BCUT2D eigenvalue weighted by Crippen LogP contribution is 1.93. The summed E-state index contributed by atoms with van der Waals surface area (Å²) < 4.78 is 1.69. The topological polar surface area (TPSA) is 96.2 Å². The number of aromatic nitrogens is 3. The molecule has 1 rings (SSSR count). The Hall–Kier alpha value is -2.12. The molecule has 0 aliphatic heterocycles. The number of carbonyl (C=O) groups excluding carboxylic acids is 1. The Morgan fingerprint density at radius 3 is 2.77 bits per heavy atom. The van der Waals surface area contributed by atoms with Gasteiger partial charge in [-0.1, -0.05) is 6.92 Å². The van der Waals surface area contributed by atoms with Crippen molar-refractivity contribution in [2.45, 2.75) is 46.2 Å². The molecule has 1 heterocycles. The van der Waals surface area contributed by atoms with E-state index >= 15 is 0 Å². The van der Waals surface area contributed by atoms with E-state index in [0.717, 1.165) is 18.8 Å². The Morgan fingerprint density at radius 2 is 2.18 bits per heavy atom. The summed E-state index contributed by atoms with van der Waals surface area (Å²) in [7, 11) is 1.83. The third kappa shape index (κ3) is 6.55. The largest absolute Gasteiger partial charge is 0.357 e. The quantitative estimate of drug-likeness (QED) is 0.470. The maximum Gasteiger partial charge on any atom is 0.221 e. The van der Waals surface area contributed by atoms with E-state index in [1.54, 1.807) is 4.68 Å². The fourth-order valence-electron chi connectivity index (χ4n) is 1.70. The van der Waals surface area contributed by atoms with Crippen molar-refractivity contribution in [3.63, 3.8) is 0 Å². The van der Waals surface area contributed by atoms with E-state index in [1.165, 1.54) is 6.33 Å². The molecule has 0 saturated carbocycles. The molecule has 3 N–H and O–H groups in total. The van der Waals surface area contributed by atoms with Gasteiger partial charge in [-0.05, 0) is 20.3 Å². The lowest BCUT2D eigenvalue weighted by molar-refractivity contribution is -0.121. The van der Waals surface area contributed by atoms with E-state index in [4.69, 9.17) is 0 Å². The Kier molecular flexibility index (Phi) is 7.95. The zero-order valence-electron chi connectivity index (χ0n) is 13.9. The minimum Gasteiger partial charge on any atom is -0.357 e. The summed E-state index contributed by atoms with van der Waals surface area (Å²) >= 11 is 0. The zero-order valence-corrected chi connectivity index (χ0v) is 13.9. The molecular weight excluding hydrogens is 282 g/mol. The second kappa shape index (κ2) is 9.75. The number of hydrogen-bond donors (Lipinski definition) is 3. The van der Waals surface area contributed by atoms with Crippen LogP contribution in [0.3, 0.4) is 0 Å². The molecule has 124 valence electrons. The van der Waals surface area contributed by atoms with Gasteiger partial charge in [0.15, 0.2) is 5.96 Å². The highest BCUT2D eigenvalue weighted by atomic mass is 16.1. The van der Waals surface area contributed by atoms with E-state index < -0.39 is 0 Å². The van der Waals surface area contributed by atoms with E-state index in [-0.39, 0.29) is 11.9 Å². The fraction of sp³-hybridized carbons (Fsp3) is 0.714. The van der Waals surface area contributed by atoms with Crippen LogP contribution in [-0.4, -0.2) is 45.8 Å². The molecule has 1 aromatic rings. The van der Waals surface area contributed by atoms with Gasteiger partial charge in [-0.3, -0.25) is 9.48 Å². The summed E-state index contributed by atoms with van der Waals surface area (Å²) in [4.78, 5) is 20.3. The van der Waals surface area contributed by atoms with Crippen molar-refractivity contribution in [3.8, 4) is 0 Å². The third-order valence-electron chi connectivity index (χ3n) is 3.19. The van der Waals surface area contributed by atoms with Crippen LogP contribution in [0.25, 0.3) is 0 Å². The number of guanidine groups is 1. The number of rotatable bonds is 8. The highest BCUT2D eigenvalue weighted by Gasteiger charge is 2.06. The molecule has 0 spiro atoms. The predicted molar refractivity (Wildman–Crippen MR) is 86.3 cm³/mol. The number of hydrogen-bond acceptors (Lipinski definition) is 4. The van der Waals surface area contributed by atoms with Crippen molar-refractivity contribution in [1.29, 1.82) is 0 Å². The minimum absolute atomic E-state index is 0.0472. The molecule has 0 aliphatic carbocycles. The normalized spacial score (nSPS) is 12.8. The molecule has 0 bridgehead atoms. The smallest absolute Gasteiger partial charge is 0.221 e. The van der Waals surface area contributed by atoms with Crippen LogP contribution in [-0.2, 0) is 18.4 Å². The average molecular weight is 309 g/mol. The van der Waals surface area contributed by atoms with Gasteiger partial charge in [0.2, 0.25) is 5.91 Å². The number of aryl methyl sites for hydroxylation is 1. The maximum absolute atomic E-state index is 11.7. The first-order valence-electron chi connectivity index (χ1n) is 7.71. The molecule has 0 saturated heterocycles. The molecule has 1 unspecified atom stereocenters. The summed E-state index contributed by atoms with van der Waals surface area (Å²) in [6.45, 7) is 7.76. The van der Waals surface area contributed by atoms with Crippen molar-refractivity contribution >= 4 is 11.9 Å². The van der Waals surface area contributed by atoms with Gasteiger partial charge in [0.05, 0.1) is 0 Å². The molecule has 8 nitrogen and oxygen atoms in total. The van der Waals surface area contributed by atoms with E-state index in [1.807, 2.05) is 27.8 Å². The third-order valence-corrected chi connectivity index (χ3v) is 3.19. The van der Waals surface area contributed by atoms with Crippen molar-refractivity contribution in [3.05, 3.63) is 12.2 Å². The Bertz CT molecular complexity index is 483. The predicted octanol–water partition coefficient (Wildman–Crippen LogP) is 0.175. The fourth-order valence-corrected chi connectivity index (χ4v) is 1.70. The van der Waals surface area contributed by atoms with Crippen LogP contribution >= 0.6 is 0 Å². The molecule has 0 fully saturated rings. The highest BCUT2D eigenvalue weighted by molar-refractivity contribution is 5.81. The molecule has 0 radical (unpaired) electrons. The first kappa shape index (κ1) is 17.9. The number of amides is 1. The summed E-state index contributed by atoms with van der Waals surface area (Å²) in [6, 6.07) is 0.213. The Balaban J connectivity index is 2.40. The lowest BCUT2D eigenvalue weighted by Crippen LogP contribution is -2.40. The van der Waals surface area contributed by atoms with Crippen LogP contribution in [0.5, 0.6) is 0 Å². The molecule has 8 heteroatoms. The standard InChI is InChI=1S/C14H27N7O/c1-5-11(3)20-13(22)7-8-16-14(15-6-2)17-9-12-18-10-19-21(12)4/h10-11H,5-9H2,1-4H3,(H,20,22)(H2,15,16,17). The first-order chi connectivity index (χ1) is 10.6. The Labute approximate surface area is 131 Å². The number of nitrogens with zero attached hydrogens (tertiary/aromatic N) is 4. The van der Waals surface area contributed by atoms with Crippen LogP contribution in [0.4, 0.5) is 0 Å². The SMILES string of the molecule is CCNC(=NCc1ncnn1C)NCCC(=O)NC(C)CC. The lowest BCUT2D eigenvalue weighted by Gasteiger charge is -2.13. The van der Waals surface area contributed by atoms with E-state index in [2.05, 4.69) is 31.0 Å². The minimum atomic E-state index is 0.0472. The van der Waals surface area contributed by atoms with Gasteiger partial charge in [0, 0.05) is 32.6 Å². The van der Waals surface area contributed by atoms with Gasteiger partial charge in [0.25, 0.3) is 0 Å². The summed E-state index contributed by atoms with van der Waals surface area (Å²) in [5.41, 5.74) is 0. The Morgan fingerprint density at radius 1 is 1.41 bits per heavy atom. The molecule has 1 aromatic heterocycles.